The Labute approximate surface area is 203 Å². The molecule has 0 fully saturated rings. The molecule has 35 heavy (non-hydrogen) atoms. The van der Waals surface area contributed by atoms with E-state index in [1.54, 1.807) is 26.0 Å². The zero-order valence-corrected chi connectivity index (χ0v) is 20.6. The predicted octanol–water partition coefficient (Wildman–Crippen LogP) is 4.07. The number of Topliss-reactive ketones (excluding diaryl/α,β-unsaturated/α-hetero) is 2. The minimum absolute atomic E-state index is 0.00426. The van der Waals surface area contributed by atoms with Gasteiger partial charge in [-0.3, -0.25) is 14.3 Å². The highest BCUT2D eigenvalue weighted by atomic mass is 32.2. The maximum absolute atomic E-state index is 12.8. The maximum Gasteiger partial charge on any atom is 0.340 e. The molecule has 1 heterocycles. The molecule has 2 N–H and O–H groups in total. The Morgan fingerprint density at radius 3 is 2.26 bits per heavy atom. The summed E-state index contributed by atoms with van der Waals surface area (Å²) in [4.78, 5) is 40.0. The van der Waals surface area contributed by atoms with E-state index in [1.165, 1.54) is 43.3 Å². The zero-order valence-electron chi connectivity index (χ0n) is 19.8. The van der Waals surface area contributed by atoms with E-state index in [2.05, 4.69) is 9.71 Å². The second-order valence-corrected chi connectivity index (χ2v) is 9.42. The second-order valence-electron chi connectivity index (χ2n) is 7.74. The number of aryl methyl sites for hydroxylation is 1. The molecule has 0 aliphatic carbocycles. The fourth-order valence-corrected chi connectivity index (χ4v) is 4.75. The standard InChI is InChI=1S/C25H26N2O7S/c1-5-33-18-10-12-19(13-11-18)35(31,32)27-21-9-7-6-8-20(21)25(30)34-14-22(29)24-15(2)23(17(4)28)16(3)26-24/h6-13,26-27H,5,14H2,1-4H3. The van der Waals surface area contributed by atoms with E-state index >= 15 is 0 Å². The number of rotatable bonds is 10. The van der Waals surface area contributed by atoms with Crippen molar-refractivity contribution in [3.8, 4) is 5.75 Å². The van der Waals surface area contributed by atoms with Gasteiger partial charge in [0.2, 0.25) is 5.78 Å². The van der Waals surface area contributed by atoms with Gasteiger partial charge >= 0.3 is 5.97 Å². The van der Waals surface area contributed by atoms with Crippen molar-refractivity contribution >= 4 is 33.2 Å². The van der Waals surface area contributed by atoms with Crippen molar-refractivity contribution in [3.63, 3.8) is 0 Å². The van der Waals surface area contributed by atoms with Gasteiger partial charge in [-0.2, -0.15) is 0 Å². The summed E-state index contributed by atoms with van der Waals surface area (Å²) < 4.78 is 38.5. The Morgan fingerprint density at radius 1 is 1.00 bits per heavy atom. The molecule has 0 aliphatic rings. The van der Waals surface area contributed by atoms with E-state index in [-0.39, 0.29) is 27.6 Å². The van der Waals surface area contributed by atoms with Gasteiger partial charge in [0.1, 0.15) is 5.75 Å². The van der Waals surface area contributed by atoms with Crippen molar-refractivity contribution in [2.45, 2.75) is 32.6 Å². The van der Waals surface area contributed by atoms with Crippen LogP contribution >= 0.6 is 0 Å². The Morgan fingerprint density at radius 2 is 1.66 bits per heavy atom. The van der Waals surface area contributed by atoms with Crippen molar-refractivity contribution in [3.05, 3.63) is 76.6 Å². The third kappa shape index (κ3) is 5.78. The van der Waals surface area contributed by atoms with Crippen LogP contribution < -0.4 is 9.46 Å². The van der Waals surface area contributed by atoms with E-state index in [9.17, 15) is 22.8 Å². The number of sulfonamides is 1. The smallest absolute Gasteiger partial charge is 0.340 e. The first-order valence-electron chi connectivity index (χ1n) is 10.8. The van der Waals surface area contributed by atoms with Crippen LogP contribution in [0, 0.1) is 13.8 Å². The molecule has 3 aromatic rings. The summed E-state index contributed by atoms with van der Waals surface area (Å²) in [6, 6.07) is 11.8. The molecule has 0 saturated heterocycles. The average molecular weight is 499 g/mol. The van der Waals surface area contributed by atoms with Crippen LogP contribution in [0.2, 0.25) is 0 Å². The molecule has 10 heteroatoms. The number of anilines is 1. The molecule has 0 saturated carbocycles. The number of para-hydroxylation sites is 1. The predicted molar refractivity (Wildman–Crippen MR) is 130 cm³/mol. The molecular weight excluding hydrogens is 472 g/mol. The molecule has 0 atom stereocenters. The number of ketones is 2. The summed E-state index contributed by atoms with van der Waals surface area (Å²) in [6.07, 6.45) is 0. The number of nitrogens with one attached hydrogen (secondary N) is 2. The van der Waals surface area contributed by atoms with Gasteiger partial charge in [0.15, 0.2) is 12.4 Å². The van der Waals surface area contributed by atoms with Gasteiger partial charge in [0, 0.05) is 11.3 Å². The summed E-state index contributed by atoms with van der Waals surface area (Å²) in [7, 11) is -4.01. The van der Waals surface area contributed by atoms with Gasteiger partial charge in [-0.25, -0.2) is 13.2 Å². The van der Waals surface area contributed by atoms with Gasteiger partial charge < -0.3 is 14.5 Å². The van der Waals surface area contributed by atoms with Crippen LogP contribution in [0.5, 0.6) is 5.75 Å². The molecular formula is C25H26N2O7S. The molecule has 0 radical (unpaired) electrons. The lowest BCUT2D eigenvalue weighted by molar-refractivity contribution is 0.0474. The van der Waals surface area contributed by atoms with E-state index in [4.69, 9.17) is 9.47 Å². The van der Waals surface area contributed by atoms with Gasteiger partial charge in [-0.05, 0) is 69.7 Å². The van der Waals surface area contributed by atoms with Gasteiger partial charge in [0.05, 0.1) is 28.4 Å². The third-order valence-corrected chi connectivity index (χ3v) is 6.62. The van der Waals surface area contributed by atoms with Gasteiger partial charge in [-0.1, -0.05) is 12.1 Å². The largest absolute Gasteiger partial charge is 0.494 e. The van der Waals surface area contributed by atoms with E-state index in [0.29, 0.717) is 29.2 Å². The highest BCUT2D eigenvalue weighted by Gasteiger charge is 2.23. The van der Waals surface area contributed by atoms with Crippen molar-refractivity contribution in [2.24, 2.45) is 0 Å². The highest BCUT2D eigenvalue weighted by molar-refractivity contribution is 7.92. The van der Waals surface area contributed by atoms with Crippen molar-refractivity contribution in [2.75, 3.05) is 17.9 Å². The number of carbonyl (C=O) groups excluding carboxylic acids is 3. The van der Waals surface area contributed by atoms with Crippen molar-refractivity contribution in [1.82, 2.24) is 4.98 Å². The van der Waals surface area contributed by atoms with Crippen LogP contribution in [-0.2, 0) is 14.8 Å². The number of carbonyl (C=O) groups is 3. The Bertz CT molecular complexity index is 1370. The number of aromatic nitrogens is 1. The summed E-state index contributed by atoms with van der Waals surface area (Å²) in [5, 5.41) is 0. The normalized spacial score (nSPS) is 11.1. The number of aromatic amines is 1. The lowest BCUT2D eigenvalue weighted by atomic mass is 10.1. The van der Waals surface area contributed by atoms with Gasteiger partial charge in [0.25, 0.3) is 10.0 Å². The van der Waals surface area contributed by atoms with Crippen LogP contribution in [0.4, 0.5) is 5.69 Å². The number of hydrogen-bond donors (Lipinski definition) is 2. The molecule has 1 aromatic heterocycles. The van der Waals surface area contributed by atoms with Crippen molar-refractivity contribution < 1.29 is 32.3 Å². The number of hydrogen-bond acceptors (Lipinski definition) is 7. The summed E-state index contributed by atoms with van der Waals surface area (Å²) >= 11 is 0. The van der Waals surface area contributed by atoms with E-state index in [0.717, 1.165) is 0 Å². The van der Waals surface area contributed by atoms with Gasteiger partial charge in [-0.15, -0.1) is 0 Å². The first-order chi connectivity index (χ1) is 16.5. The third-order valence-electron chi connectivity index (χ3n) is 5.24. The zero-order chi connectivity index (χ0) is 25.8. The summed E-state index contributed by atoms with van der Waals surface area (Å²) in [5.74, 6) is -1.04. The topological polar surface area (TPSA) is 132 Å². The van der Waals surface area contributed by atoms with Crippen molar-refractivity contribution in [1.29, 1.82) is 0 Å². The van der Waals surface area contributed by atoms with Crippen LogP contribution in [0.25, 0.3) is 0 Å². The fourth-order valence-electron chi connectivity index (χ4n) is 3.67. The minimum Gasteiger partial charge on any atom is -0.494 e. The minimum atomic E-state index is -4.01. The van der Waals surface area contributed by atoms with E-state index < -0.39 is 28.4 Å². The molecule has 0 bridgehead atoms. The molecule has 3 rings (SSSR count). The average Bonchev–Trinajstić information content (AvgIpc) is 3.12. The molecule has 0 unspecified atom stereocenters. The molecule has 184 valence electrons. The number of esters is 1. The molecule has 0 spiro atoms. The van der Waals surface area contributed by atoms with Crippen LogP contribution in [0.15, 0.2) is 53.4 Å². The second kappa shape index (κ2) is 10.6. The lowest BCUT2D eigenvalue weighted by Gasteiger charge is -2.12. The lowest BCUT2D eigenvalue weighted by Crippen LogP contribution is -2.19. The molecule has 2 aromatic carbocycles. The summed E-state index contributed by atoms with van der Waals surface area (Å²) in [5.41, 5.74) is 1.60. The highest BCUT2D eigenvalue weighted by Crippen LogP contribution is 2.23. The Kier molecular flexibility index (Phi) is 7.75. The summed E-state index contributed by atoms with van der Waals surface area (Å²) in [6.45, 7) is 6.40. The first kappa shape index (κ1) is 25.7. The van der Waals surface area contributed by atoms with Crippen LogP contribution in [0.3, 0.4) is 0 Å². The van der Waals surface area contributed by atoms with Crippen LogP contribution in [-0.4, -0.2) is 44.2 Å². The number of benzene rings is 2. The monoisotopic (exact) mass is 498 g/mol. The fraction of sp³-hybridized carbons (Fsp3) is 0.240. The maximum atomic E-state index is 12.8. The van der Waals surface area contributed by atoms with E-state index in [1.807, 2.05) is 6.92 Å². The quantitative estimate of drug-likeness (QED) is 0.318. The number of ether oxygens (including phenoxy) is 2. The Balaban J connectivity index is 1.75. The molecule has 9 nitrogen and oxygen atoms in total. The SMILES string of the molecule is CCOc1ccc(S(=O)(=O)Nc2ccccc2C(=O)OCC(=O)c2[nH]c(C)c(C(C)=O)c2C)cc1. The Hall–Kier alpha value is -3.92. The van der Waals surface area contributed by atoms with Crippen LogP contribution in [0.1, 0.15) is 56.3 Å². The molecule has 0 amide bonds. The first-order valence-corrected chi connectivity index (χ1v) is 12.3. The number of H-pyrrole nitrogens is 1. The molecule has 0 aliphatic heterocycles.